The van der Waals surface area contributed by atoms with E-state index in [1.54, 1.807) is 48.8 Å². The summed E-state index contributed by atoms with van der Waals surface area (Å²) in [7, 11) is 0. The summed E-state index contributed by atoms with van der Waals surface area (Å²) < 4.78 is 5.52. The Kier molecular flexibility index (Phi) is 5.80. The van der Waals surface area contributed by atoms with Crippen molar-refractivity contribution in [2.24, 2.45) is 0 Å². The van der Waals surface area contributed by atoms with Gasteiger partial charge in [0.1, 0.15) is 11.5 Å². The van der Waals surface area contributed by atoms with Crippen LogP contribution in [0.5, 0.6) is 5.75 Å². The molecule has 1 atom stereocenters. The average molecular weight is 414 g/mol. The number of aliphatic hydroxyl groups is 1. The zero-order valence-electron chi connectivity index (χ0n) is 17.1. The summed E-state index contributed by atoms with van der Waals surface area (Å²) in [6.07, 6.45) is 3.28. The largest absolute Gasteiger partial charge is 0.507 e. The molecule has 1 unspecified atom stereocenters. The molecule has 4 rings (SSSR count). The molecule has 1 saturated heterocycles. The number of amides is 1. The molecule has 0 radical (unpaired) electrons. The Morgan fingerprint density at radius 2 is 1.77 bits per heavy atom. The highest BCUT2D eigenvalue weighted by atomic mass is 16.5. The molecule has 1 N–H and O–H groups in total. The lowest BCUT2D eigenvalue weighted by molar-refractivity contribution is -0.140. The van der Waals surface area contributed by atoms with E-state index < -0.39 is 17.7 Å². The molecule has 2 aromatic carbocycles. The number of hydrogen-bond donors (Lipinski definition) is 1. The van der Waals surface area contributed by atoms with Crippen molar-refractivity contribution >= 4 is 17.4 Å². The fraction of sp³-hybridized carbons (Fsp3) is 0.160. The van der Waals surface area contributed by atoms with Crippen LogP contribution >= 0.6 is 0 Å². The summed E-state index contributed by atoms with van der Waals surface area (Å²) >= 11 is 0. The molecule has 0 bridgehead atoms. The topological polar surface area (TPSA) is 79.7 Å². The third-order valence-corrected chi connectivity index (χ3v) is 5.18. The Bertz CT molecular complexity index is 1130. The lowest BCUT2D eigenvalue weighted by Crippen LogP contribution is -2.29. The summed E-state index contributed by atoms with van der Waals surface area (Å²) in [5, 5.41) is 11.1. The zero-order chi connectivity index (χ0) is 21.8. The number of hydrogen-bond acceptors (Lipinski definition) is 5. The Balaban J connectivity index is 1.83. The van der Waals surface area contributed by atoms with Gasteiger partial charge in [0.2, 0.25) is 0 Å². The van der Waals surface area contributed by atoms with Gasteiger partial charge in [0, 0.05) is 24.5 Å². The molecule has 31 heavy (non-hydrogen) atoms. The van der Waals surface area contributed by atoms with Crippen molar-refractivity contribution in [1.82, 2.24) is 9.88 Å². The third kappa shape index (κ3) is 4.05. The highest BCUT2D eigenvalue weighted by molar-refractivity contribution is 6.46. The molecule has 0 saturated carbocycles. The van der Waals surface area contributed by atoms with E-state index in [-0.39, 0.29) is 17.9 Å². The quantitative estimate of drug-likeness (QED) is 0.373. The summed E-state index contributed by atoms with van der Waals surface area (Å²) in [4.78, 5) is 31.6. The van der Waals surface area contributed by atoms with Crippen LogP contribution in [0.4, 0.5) is 0 Å². The SMILES string of the molecule is CCOc1cccc(/C(O)=C2\C(=O)C(=O)N(Cc3ccncc3)C2c2ccccc2)c1. The van der Waals surface area contributed by atoms with Crippen molar-refractivity contribution in [1.29, 1.82) is 0 Å². The lowest BCUT2D eigenvalue weighted by Gasteiger charge is -2.25. The van der Waals surface area contributed by atoms with Crippen LogP contribution in [0.3, 0.4) is 0 Å². The molecule has 0 aliphatic carbocycles. The average Bonchev–Trinajstić information content (AvgIpc) is 3.05. The summed E-state index contributed by atoms with van der Waals surface area (Å²) in [6, 6.07) is 19.0. The Morgan fingerprint density at radius 1 is 1.03 bits per heavy atom. The van der Waals surface area contributed by atoms with Crippen LogP contribution in [0.1, 0.15) is 29.7 Å². The highest BCUT2D eigenvalue weighted by Gasteiger charge is 2.46. The molecule has 3 aromatic rings. The molecule has 1 fully saturated rings. The van der Waals surface area contributed by atoms with Crippen LogP contribution in [0.15, 0.2) is 84.7 Å². The first-order valence-corrected chi connectivity index (χ1v) is 10.1. The number of nitrogens with zero attached hydrogens (tertiary/aromatic N) is 2. The van der Waals surface area contributed by atoms with Gasteiger partial charge in [0.25, 0.3) is 11.7 Å². The van der Waals surface area contributed by atoms with Crippen LogP contribution in [0.2, 0.25) is 0 Å². The lowest BCUT2D eigenvalue weighted by atomic mass is 9.95. The van der Waals surface area contributed by atoms with Crippen LogP contribution in [-0.2, 0) is 16.1 Å². The molecule has 1 aromatic heterocycles. The van der Waals surface area contributed by atoms with Gasteiger partial charge in [-0.2, -0.15) is 0 Å². The number of carbonyl (C=O) groups excluding carboxylic acids is 2. The first-order chi connectivity index (χ1) is 15.1. The molecule has 1 aliphatic rings. The van der Waals surface area contributed by atoms with Gasteiger partial charge in [0.05, 0.1) is 18.2 Å². The molecule has 156 valence electrons. The minimum absolute atomic E-state index is 0.0684. The minimum Gasteiger partial charge on any atom is -0.507 e. The van der Waals surface area contributed by atoms with E-state index in [9.17, 15) is 14.7 Å². The maximum Gasteiger partial charge on any atom is 0.295 e. The fourth-order valence-electron chi connectivity index (χ4n) is 3.77. The van der Waals surface area contributed by atoms with Crippen LogP contribution in [0, 0.1) is 0 Å². The van der Waals surface area contributed by atoms with Crippen molar-refractivity contribution in [2.45, 2.75) is 19.5 Å². The van der Waals surface area contributed by atoms with Gasteiger partial charge in [-0.1, -0.05) is 42.5 Å². The number of ketones is 1. The van der Waals surface area contributed by atoms with Crippen LogP contribution in [0.25, 0.3) is 5.76 Å². The van der Waals surface area contributed by atoms with Crippen molar-refractivity contribution in [3.63, 3.8) is 0 Å². The van der Waals surface area contributed by atoms with Crippen molar-refractivity contribution in [3.8, 4) is 5.75 Å². The number of Topliss-reactive ketones (excluding diaryl/α,β-unsaturated/α-hetero) is 1. The predicted molar refractivity (Wildman–Crippen MR) is 116 cm³/mol. The molecule has 0 spiro atoms. The molecule has 6 heteroatoms. The maximum atomic E-state index is 13.1. The first kappa shape index (κ1) is 20.3. The van der Waals surface area contributed by atoms with Crippen LogP contribution < -0.4 is 4.74 Å². The molecule has 6 nitrogen and oxygen atoms in total. The molecular weight excluding hydrogens is 392 g/mol. The summed E-state index contributed by atoms with van der Waals surface area (Å²) in [5.41, 5.74) is 2.09. The molecule has 2 heterocycles. The zero-order valence-corrected chi connectivity index (χ0v) is 17.1. The number of rotatable bonds is 6. The van der Waals surface area contributed by atoms with Gasteiger partial charge < -0.3 is 14.7 Å². The van der Waals surface area contributed by atoms with E-state index in [2.05, 4.69) is 4.98 Å². The summed E-state index contributed by atoms with van der Waals surface area (Å²) in [6.45, 7) is 2.57. The maximum absolute atomic E-state index is 13.1. The van der Waals surface area contributed by atoms with E-state index >= 15 is 0 Å². The molecule has 1 amide bonds. The van der Waals surface area contributed by atoms with Gasteiger partial charge in [-0.3, -0.25) is 14.6 Å². The van der Waals surface area contributed by atoms with Gasteiger partial charge in [0.15, 0.2) is 0 Å². The number of pyridine rings is 1. The molecular formula is C25H22N2O4. The number of benzene rings is 2. The van der Waals surface area contributed by atoms with Gasteiger partial charge in [-0.05, 0) is 42.3 Å². The van der Waals surface area contributed by atoms with E-state index in [0.717, 1.165) is 11.1 Å². The van der Waals surface area contributed by atoms with Gasteiger partial charge >= 0.3 is 0 Å². The van der Waals surface area contributed by atoms with Crippen molar-refractivity contribution in [2.75, 3.05) is 6.61 Å². The monoisotopic (exact) mass is 414 g/mol. The number of ether oxygens (including phenoxy) is 1. The van der Waals surface area contributed by atoms with Crippen molar-refractivity contribution in [3.05, 3.63) is 101 Å². The second kappa shape index (κ2) is 8.83. The molecule has 1 aliphatic heterocycles. The fourth-order valence-corrected chi connectivity index (χ4v) is 3.77. The number of aliphatic hydroxyl groups excluding tert-OH is 1. The first-order valence-electron chi connectivity index (χ1n) is 10.1. The Hall–Kier alpha value is -3.93. The number of likely N-dealkylation sites (tertiary alicyclic amines) is 1. The van der Waals surface area contributed by atoms with E-state index in [1.807, 2.05) is 37.3 Å². The minimum atomic E-state index is -0.706. The third-order valence-electron chi connectivity index (χ3n) is 5.18. The van der Waals surface area contributed by atoms with Crippen molar-refractivity contribution < 1.29 is 19.4 Å². The normalized spacial score (nSPS) is 17.7. The van der Waals surface area contributed by atoms with E-state index in [4.69, 9.17) is 4.74 Å². The number of aromatic nitrogens is 1. The predicted octanol–water partition coefficient (Wildman–Crippen LogP) is 4.10. The smallest absolute Gasteiger partial charge is 0.295 e. The Morgan fingerprint density at radius 3 is 2.48 bits per heavy atom. The highest BCUT2D eigenvalue weighted by Crippen LogP contribution is 2.40. The number of carbonyl (C=O) groups is 2. The Labute approximate surface area is 180 Å². The van der Waals surface area contributed by atoms with Gasteiger partial charge in [-0.25, -0.2) is 0 Å². The van der Waals surface area contributed by atoms with Crippen LogP contribution in [-0.4, -0.2) is 33.3 Å². The van der Waals surface area contributed by atoms with E-state index in [1.165, 1.54) is 4.90 Å². The second-order valence-electron chi connectivity index (χ2n) is 7.15. The second-order valence-corrected chi connectivity index (χ2v) is 7.15. The van der Waals surface area contributed by atoms with E-state index in [0.29, 0.717) is 17.9 Å². The van der Waals surface area contributed by atoms with Gasteiger partial charge in [-0.15, -0.1) is 0 Å². The standard InChI is InChI=1S/C25H22N2O4/c1-2-31-20-10-6-9-19(15-20)23(28)21-22(18-7-4-3-5-8-18)27(25(30)24(21)29)16-17-11-13-26-14-12-17/h3-15,22,28H,2,16H2,1H3/b23-21+. The summed E-state index contributed by atoms with van der Waals surface area (Å²) in [5.74, 6) is -0.991.